The van der Waals surface area contributed by atoms with Gasteiger partial charge in [0.05, 0.1) is 19.3 Å². The Morgan fingerprint density at radius 2 is 1.84 bits per heavy atom. The topological polar surface area (TPSA) is 50.7 Å². The minimum absolute atomic E-state index is 0.0217. The summed E-state index contributed by atoms with van der Waals surface area (Å²) in [6.45, 7) is 4.55. The Hall–Kier alpha value is -1.95. The smallest absolute Gasteiger partial charge is 0.124 e. The fourth-order valence-electron chi connectivity index (χ4n) is 2.72. The Bertz CT molecular complexity index is 686. The SMILES string of the molecule is COCc1cc(C(C)NCC(C)(O)c2ccc(F)cc2)ccc1OC. The highest BCUT2D eigenvalue weighted by molar-refractivity contribution is 5.38. The van der Waals surface area contributed by atoms with Gasteiger partial charge >= 0.3 is 0 Å². The van der Waals surface area contributed by atoms with E-state index in [9.17, 15) is 9.50 Å². The van der Waals surface area contributed by atoms with Crippen LogP contribution in [0.25, 0.3) is 0 Å². The van der Waals surface area contributed by atoms with E-state index in [4.69, 9.17) is 9.47 Å². The summed E-state index contributed by atoms with van der Waals surface area (Å²) in [5.74, 6) is 0.473. The molecule has 0 spiro atoms. The minimum Gasteiger partial charge on any atom is -0.496 e. The summed E-state index contributed by atoms with van der Waals surface area (Å²) in [5.41, 5.74) is 1.62. The molecule has 2 rings (SSSR count). The summed E-state index contributed by atoms with van der Waals surface area (Å²) >= 11 is 0. The first kappa shape index (κ1) is 19.4. The van der Waals surface area contributed by atoms with Gasteiger partial charge in [-0.2, -0.15) is 0 Å². The predicted molar refractivity (Wildman–Crippen MR) is 96.1 cm³/mol. The van der Waals surface area contributed by atoms with Gasteiger partial charge in [-0.1, -0.05) is 18.2 Å². The van der Waals surface area contributed by atoms with E-state index in [1.807, 2.05) is 25.1 Å². The molecule has 0 aliphatic heterocycles. The molecule has 0 saturated carbocycles. The molecule has 25 heavy (non-hydrogen) atoms. The first-order valence-corrected chi connectivity index (χ1v) is 8.25. The van der Waals surface area contributed by atoms with Crippen LogP contribution in [0.1, 0.15) is 36.6 Å². The van der Waals surface area contributed by atoms with Gasteiger partial charge in [0.15, 0.2) is 0 Å². The van der Waals surface area contributed by atoms with E-state index in [0.29, 0.717) is 18.7 Å². The fraction of sp³-hybridized carbons (Fsp3) is 0.400. The predicted octanol–water partition coefficient (Wildman–Crippen LogP) is 3.54. The van der Waals surface area contributed by atoms with Gasteiger partial charge in [0.1, 0.15) is 11.6 Å². The van der Waals surface area contributed by atoms with Gasteiger partial charge in [-0.3, -0.25) is 0 Å². The van der Waals surface area contributed by atoms with Crippen LogP contribution >= 0.6 is 0 Å². The molecule has 0 fully saturated rings. The number of methoxy groups -OCH3 is 2. The number of ether oxygens (including phenoxy) is 2. The Morgan fingerprint density at radius 1 is 1.16 bits per heavy atom. The maximum Gasteiger partial charge on any atom is 0.124 e. The summed E-state index contributed by atoms with van der Waals surface area (Å²) in [5, 5.41) is 14.0. The van der Waals surface area contributed by atoms with Crippen molar-refractivity contribution in [2.24, 2.45) is 0 Å². The van der Waals surface area contributed by atoms with E-state index >= 15 is 0 Å². The van der Waals surface area contributed by atoms with Crippen LogP contribution in [0.4, 0.5) is 4.39 Å². The van der Waals surface area contributed by atoms with Crippen LogP contribution in [0.15, 0.2) is 42.5 Å². The number of nitrogens with one attached hydrogen (secondary N) is 1. The van der Waals surface area contributed by atoms with E-state index in [2.05, 4.69) is 5.32 Å². The van der Waals surface area contributed by atoms with E-state index in [-0.39, 0.29) is 11.9 Å². The molecule has 0 radical (unpaired) electrons. The van der Waals surface area contributed by atoms with Gasteiger partial charge in [-0.25, -0.2) is 4.39 Å². The Morgan fingerprint density at radius 3 is 2.44 bits per heavy atom. The van der Waals surface area contributed by atoms with Crippen LogP contribution in [0.3, 0.4) is 0 Å². The summed E-state index contributed by atoms with van der Waals surface area (Å²) in [7, 11) is 3.28. The largest absolute Gasteiger partial charge is 0.496 e. The van der Waals surface area contributed by atoms with Crippen LogP contribution < -0.4 is 10.1 Å². The maximum atomic E-state index is 13.1. The molecule has 0 aliphatic carbocycles. The number of hydrogen-bond acceptors (Lipinski definition) is 4. The van der Waals surface area contributed by atoms with Crippen LogP contribution in [0, 0.1) is 5.82 Å². The number of benzene rings is 2. The number of aliphatic hydroxyl groups is 1. The van der Waals surface area contributed by atoms with Crippen LogP contribution in [0.5, 0.6) is 5.75 Å². The molecule has 2 N–H and O–H groups in total. The van der Waals surface area contributed by atoms with Crippen molar-refractivity contribution in [2.45, 2.75) is 32.1 Å². The third-order valence-corrected chi connectivity index (χ3v) is 4.32. The third kappa shape index (κ3) is 5.01. The van der Waals surface area contributed by atoms with Crippen LogP contribution in [-0.4, -0.2) is 25.9 Å². The molecule has 2 aromatic rings. The van der Waals surface area contributed by atoms with Crippen LogP contribution in [-0.2, 0) is 16.9 Å². The molecule has 5 heteroatoms. The second-order valence-electron chi connectivity index (χ2n) is 6.39. The molecule has 2 aromatic carbocycles. The van der Waals surface area contributed by atoms with Crippen molar-refractivity contribution < 1.29 is 19.0 Å². The molecule has 0 aromatic heterocycles. The van der Waals surface area contributed by atoms with E-state index < -0.39 is 5.60 Å². The van der Waals surface area contributed by atoms with E-state index in [1.54, 1.807) is 33.3 Å². The zero-order valence-electron chi connectivity index (χ0n) is 15.2. The van der Waals surface area contributed by atoms with Gasteiger partial charge < -0.3 is 19.9 Å². The number of hydrogen-bond donors (Lipinski definition) is 2. The molecule has 4 nitrogen and oxygen atoms in total. The van der Waals surface area contributed by atoms with Crippen LogP contribution in [0.2, 0.25) is 0 Å². The van der Waals surface area contributed by atoms with Crippen molar-refractivity contribution in [3.8, 4) is 5.75 Å². The fourth-order valence-corrected chi connectivity index (χ4v) is 2.72. The average molecular weight is 347 g/mol. The lowest BCUT2D eigenvalue weighted by molar-refractivity contribution is 0.0543. The van der Waals surface area contributed by atoms with Crippen molar-refractivity contribution >= 4 is 0 Å². The summed E-state index contributed by atoms with van der Waals surface area (Å²) in [6.07, 6.45) is 0. The normalized spacial score (nSPS) is 14.8. The molecule has 2 unspecified atom stereocenters. The summed E-state index contributed by atoms with van der Waals surface area (Å²) < 4.78 is 23.6. The molecular weight excluding hydrogens is 321 g/mol. The van der Waals surface area contributed by atoms with Crippen molar-refractivity contribution in [2.75, 3.05) is 20.8 Å². The first-order valence-electron chi connectivity index (χ1n) is 8.25. The number of halogens is 1. The molecular formula is C20H26FNO3. The highest BCUT2D eigenvalue weighted by Crippen LogP contribution is 2.25. The molecule has 0 heterocycles. The average Bonchev–Trinajstić information content (AvgIpc) is 2.60. The van der Waals surface area contributed by atoms with Crippen molar-refractivity contribution in [1.82, 2.24) is 5.32 Å². The van der Waals surface area contributed by atoms with Crippen molar-refractivity contribution in [3.63, 3.8) is 0 Å². The lowest BCUT2D eigenvalue weighted by Crippen LogP contribution is -2.36. The molecule has 136 valence electrons. The van der Waals surface area contributed by atoms with Gasteiger partial charge in [0.2, 0.25) is 0 Å². The molecule has 0 bridgehead atoms. The first-order chi connectivity index (χ1) is 11.9. The molecule has 2 atom stereocenters. The Labute approximate surface area is 148 Å². The zero-order chi connectivity index (χ0) is 18.4. The Kier molecular flexibility index (Phi) is 6.53. The second-order valence-corrected chi connectivity index (χ2v) is 6.39. The second kappa shape index (κ2) is 8.43. The summed E-state index contributed by atoms with van der Waals surface area (Å²) in [6, 6.07) is 11.9. The van der Waals surface area contributed by atoms with Crippen molar-refractivity contribution in [3.05, 3.63) is 65.0 Å². The molecule has 0 saturated heterocycles. The quantitative estimate of drug-likeness (QED) is 0.767. The highest BCUT2D eigenvalue weighted by Gasteiger charge is 2.24. The van der Waals surface area contributed by atoms with Gasteiger partial charge in [0, 0.05) is 25.3 Å². The van der Waals surface area contributed by atoms with Gasteiger partial charge in [0.25, 0.3) is 0 Å². The molecule has 0 amide bonds. The minimum atomic E-state index is -1.09. The third-order valence-electron chi connectivity index (χ3n) is 4.32. The summed E-state index contributed by atoms with van der Waals surface area (Å²) in [4.78, 5) is 0. The van der Waals surface area contributed by atoms with Gasteiger partial charge in [-0.15, -0.1) is 0 Å². The van der Waals surface area contributed by atoms with E-state index in [0.717, 1.165) is 16.9 Å². The zero-order valence-corrected chi connectivity index (χ0v) is 15.2. The number of rotatable bonds is 8. The standard InChI is InChI=1S/C20H26FNO3/c1-14(15-5-10-19(25-4)16(11-15)12-24-3)22-13-20(2,23)17-6-8-18(21)9-7-17/h5-11,14,22-23H,12-13H2,1-4H3. The lowest BCUT2D eigenvalue weighted by Gasteiger charge is -2.27. The highest BCUT2D eigenvalue weighted by atomic mass is 19.1. The molecule has 0 aliphatic rings. The van der Waals surface area contributed by atoms with Crippen molar-refractivity contribution in [1.29, 1.82) is 0 Å². The Balaban J connectivity index is 2.07. The lowest BCUT2D eigenvalue weighted by atomic mass is 9.95. The van der Waals surface area contributed by atoms with Gasteiger partial charge in [-0.05, 0) is 49.2 Å². The maximum absolute atomic E-state index is 13.1. The van der Waals surface area contributed by atoms with E-state index in [1.165, 1.54) is 12.1 Å². The monoisotopic (exact) mass is 347 g/mol.